The summed E-state index contributed by atoms with van der Waals surface area (Å²) in [6, 6.07) is 5.35. The monoisotopic (exact) mass is 280 g/mol. The second-order valence-corrected chi connectivity index (χ2v) is 4.26. The number of aliphatic hydroxyl groups is 1. The predicted molar refractivity (Wildman–Crippen MR) is 75.1 cm³/mol. The third-order valence-corrected chi connectivity index (χ3v) is 2.95. The van der Waals surface area contributed by atoms with Crippen molar-refractivity contribution in [3.8, 4) is 11.5 Å². The maximum atomic E-state index is 11.2. The molecule has 0 unspecified atom stereocenters. The number of hydrogen-bond donors (Lipinski definition) is 1. The third-order valence-electron chi connectivity index (χ3n) is 2.95. The zero-order valence-electron chi connectivity index (χ0n) is 12.1. The molecule has 0 spiro atoms. The van der Waals surface area contributed by atoms with Crippen molar-refractivity contribution in [2.45, 2.75) is 18.9 Å². The Morgan fingerprint density at radius 2 is 1.85 bits per heavy atom. The molecule has 20 heavy (non-hydrogen) atoms. The van der Waals surface area contributed by atoms with Gasteiger partial charge in [-0.3, -0.25) is 0 Å². The Morgan fingerprint density at radius 1 is 1.20 bits per heavy atom. The van der Waals surface area contributed by atoms with Crippen molar-refractivity contribution in [1.29, 1.82) is 0 Å². The van der Waals surface area contributed by atoms with Gasteiger partial charge in [-0.2, -0.15) is 0 Å². The van der Waals surface area contributed by atoms with Gasteiger partial charge < -0.3 is 19.3 Å². The Labute approximate surface area is 118 Å². The van der Waals surface area contributed by atoms with E-state index in [9.17, 15) is 9.90 Å². The van der Waals surface area contributed by atoms with Crippen LogP contribution in [0.4, 0.5) is 0 Å². The van der Waals surface area contributed by atoms with Crippen molar-refractivity contribution in [2.24, 2.45) is 0 Å². The van der Waals surface area contributed by atoms with Gasteiger partial charge >= 0.3 is 5.97 Å². The van der Waals surface area contributed by atoms with Crippen LogP contribution in [0.5, 0.6) is 11.5 Å². The fourth-order valence-corrected chi connectivity index (χ4v) is 1.86. The Balaban J connectivity index is 3.09. The molecule has 2 atom stereocenters. The molecule has 0 bridgehead atoms. The van der Waals surface area contributed by atoms with Crippen LogP contribution in [-0.2, 0) is 9.53 Å². The molecule has 1 aromatic rings. The SMILES string of the molecule is COC(=O)/C=C/[C@@H](c1ccc(OC)c(OC)c1)[C@H](C)O. The highest BCUT2D eigenvalue weighted by Gasteiger charge is 2.17. The van der Waals surface area contributed by atoms with E-state index in [1.807, 2.05) is 6.07 Å². The first-order valence-electron chi connectivity index (χ1n) is 6.19. The summed E-state index contributed by atoms with van der Waals surface area (Å²) in [7, 11) is 4.41. The van der Waals surface area contributed by atoms with E-state index < -0.39 is 12.1 Å². The highest BCUT2D eigenvalue weighted by molar-refractivity contribution is 5.81. The quantitative estimate of drug-likeness (QED) is 0.637. The highest BCUT2D eigenvalue weighted by Crippen LogP contribution is 2.32. The van der Waals surface area contributed by atoms with Crippen LogP contribution in [0.3, 0.4) is 0 Å². The van der Waals surface area contributed by atoms with Crippen LogP contribution in [0.25, 0.3) is 0 Å². The summed E-state index contributed by atoms with van der Waals surface area (Å²) in [4.78, 5) is 11.2. The molecule has 0 aromatic heterocycles. The molecule has 0 radical (unpaired) electrons. The minimum absolute atomic E-state index is 0.339. The van der Waals surface area contributed by atoms with Crippen LogP contribution >= 0.6 is 0 Å². The minimum Gasteiger partial charge on any atom is -0.493 e. The van der Waals surface area contributed by atoms with E-state index >= 15 is 0 Å². The Hall–Kier alpha value is -2.01. The van der Waals surface area contributed by atoms with Crippen molar-refractivity contribution in [1.82, 2.24) is 0 Å². The zero-order valence-corrected chi connectivity index (χ0v) is 12.1. The molecule has 1 N–H and O–H groups in total. The van der Waals surface area contributed by atoms with E-state index in [4.69, 9.17) is 9.47 Å². The lowest BCUT2D eigenvalue weighted by molar-refractivity contribution is -0.134. The number of carbonyl (C=O) groups is 1. The average Bonchev–Trinajstić information content (AvgIpc) is 2.46. The largest absolute Gasteiger partial charge is 0.493 e. The van der Waals surface area contributed by atoms with E-state index in [1.54, 1.807) is 39.4 Å². The molecule has 0 saturated heterocycles. The molecule has 0 aliphatic heterocycles. The lowest BCUT2D eigenvalue weighted by Gasteiger charge is -2.18. The van der Waals surface area contributed by atoms with Gasteiger partial charge in [0, 0.05) is 12.0 Å². The summed E-state index contributed by atoms with van der Waals surface area (Å²) in [5.41, 5.74) is 0.817. The van der Waals surface area contributed by atoms with Gasteiger partial charge in [0.1, 0.15) is 0 Å². The van der Waals surface area contributed by atoms with Crippen molar-refractivity contribution in [3.05, 3.63) is 35.9 Å². The van der Waals surface area contributed by atoms with Gasteiger partial charge in [-0.15, -0.1) is 0 Å². The fourth-order valence-electron chi connectivity index (χ4n) is 1.86. The summed E-state index contributed by atoms with van der Waals surface area (Å²) in [5.74, 6) is 0.379. The van der Waals surface area contributed by atoms with Crippen molar-refractivity contribution >= 4 is 5.97 Å². The van der Waals surface area contributed by atoms with Gasteiger partial charge in [0.25, 0.3) is 0 Å². The Kier molecular flexibility index (Phi) is 6.06. The van der Waals surface area contributed by atoms with Crippen LogP contribution in [0.2, 0.25) is 0 Å². The van der Waals surface area contributed by atoms with E-state index in [0.29, 0.717) is 11.5 Å². The second-order valence-electron chi connectivity index (χ2n) is 4.26. The van der Waals surface area contributed by atoms with E-state index in [2.05, 4.69) is 4.74 Å². The lowest BCUT2D eigenvalue weighted by Crippen LogP contribution is -2.13. The Morgan fingerprint density at radius 3 is 2.35 bits per heavy atom. The summed E-state index contributed by atoms with van der Waals surface area (Å²) in [6.07, 6.45) is 2.25. The normalized spacial score (nSPS) is 13.8. The first kappa shape index (κ1) is 16.0. The maximum Gasteiger partial charge on any atom is 0.330 e. The van der Waals surface area contributed by atoms with Gasteiger partial charge in [0.2, 0.25) is 0 Å². The number of hydrogen-bond acceptors (Lipinski definition) is 5. The first-order chi connectivity index (χ1) is 9.53. The number of aliphatic hydroxyl groups excluding tert-OH is 1. The van der Waals surface area contributed by atoms with E-state index in [-0.39, 0.29) is 5.92 Å². The zero-order chi connectivity index (χ0) is 15.1. The molecular weight excluding hydrogens is 260 g/mol. The van der Waals surface area contributed by atoms with Crippen LogP contribution in [-0.4, -0.2) is 38.5 Å². The highest BCUT2D eigenvalue weighted by atomic mass is 16.5. The summed E-state index contributed by atoms with van der Waals surface area (Å²) in [6.45, 7) is 1.66. The summed E-state index contributed by atoms with van der Waals surface area (Å²) >= 11 is 0. The molecule has 0 aliphatic rings. The van der Waals surface area contributed by atoms with Crippen LogP contribution < -0.4 is 9.47 Å². The van der Waals surface area contributed by atoms with Gasteiger partial charge in [0.15, 0.2) is 11.5 Å². The molecule has 110 valence electrons. The van der Waals surface area contributed by atoms with Crippen LogP contribution in [0.1, 0.15) is 18.4 Å². The molecule has 5 nitrogen and oxygen atoms in total. The average molecular weight is 280 g/mol. The predicted octanol–water partition coefficient (Wildman–Crippen LogP) is 1.90. The number of rotatable bonds is 6. The number of methoxy groups -OCH3 is 3. The van der Waals surface area contributed by atoms with Gasteiger partial charge in [0.05, 0.1) is 27.4 Å². The number of ether oxygens (including phenoxy) is 3. The van der Waals surface area contributed by atoms with Crippen molar-refractivity contribution < 1.29 is 24.1 Å². The van der Waals surface area contributed by atoms with Gasteiger partial charge in [-0.25, -0.2) is 4.79 Å². The first-order valence-corrected chi connectivity index (χ1v) is 6.19. The second kappa shape index (κ2) is 7.55. The molecule has 0 fully saturated rings. The van der Waals surface area contributed by atoms with Crippen LogP contribution in [0.15, 0.2) is 30.4 Å². The molecule has 5 heteroatoms. The maximum absolute atomic E-state index is 11.2. The molecular formula is C15H20O5. The van der Waals surface area contributed by atoms with Gasteiger partial charge in [-0.1, -0.05) is 12.1 Å². The van der Waals surface area contributed by atoms with E-state index in [0.717, 1.165) is 5.56 Å². The number of carbonyl (C=O) groups excluding carboxylic acids is 1. The molecule has 0 heterocycles. The number of esters is 1. The summed E-state index contributed by atoms with van der Waals surface area (Å²) < 4.78 is 14.9. The molecule has 1 rings (SSSR count). The Bertz CT molecular complexity index is 479. The molecule has 0 aliphatic carbocycles. The minimum atomic E-state index is -0.658. The van der Waals surface area contributed by atoms with Crippen molar-refractivity contribution in [3.63, 3.8) is 0 Å². The lowest BCUT2D eigenvalue weighted by atomic mass is 9.93. The summed E-state index contributed by atoms with van der Waals surface area (Å²) in [5, 5.41) is 9.87. The van der Waals surface area contributed by atoms with Gasteiger partial charge in [-0.05, 0) is 24.6 Å². The van der Waals surface area contributed by atoms with Crippen LogP contribution in [0, 0.1) is 0 Å². The standard InChI is InChI=1S/C15H20O5/c1-10(16)12(6-8-15(17)20-4)11-5-7-13(18-2)14(9-11)19-3/h5-10,12,16H,1-4H3/b8-6+/t10-,12+/m0/s1. The smallest absolute Gasteiger partial charge is 0.330 e. The van der Waals surface area contributed by atoms with Crippen molar-refractivity contribution in [2.75, 3.05) is 21.3 Å². The topological polar surface area (TPSA) is 65.0 Å². The van der Waals surface area contributed by atoms with E-state index in [1.165, 1.54) is 13.2 Å². The molecule has 0 amide bonds. The third kappa shape index (κ3) is 3.99. The number of benzene rings is 1. The molecule has 1 aromatic carbocycles. The fraction of sp³-hybridized carbons (Fsp3) is 0.400. The molecule has 0 saturated carbocycles.